The van der Waals surface area contributed by atoms with Gasteiger partial charge < -0.3 is 4.55 Å². The van der Waals surface area contributed by atoms with E-state index < -0.39 is 15.9 Å². The molecular weight excluding hydrogens is 195 g/mol. The van der Waals surface area contributed by atoms with Crippen LogP contribution in [0, 0.1) is 0 Å². The summed E-state index contributed by atoms with van der Waals surface area (Å²) in [7, 11) is -4.09. The minimum Gasteiger partial charge on any atom is -0.748 e. The first-order valence-corrected chi connectivity index (χ1v) is 5.04. The van der Waals surface area contributed by atoms with Gasteiger partial charge in [-0.15, -0.1) is 0 Å². The molecule has 0 saturated heterocycles. The number of rotatable bonds is 2. The number of hydrogen-bond acceptors (Lipinski definition) is 4. The van der Waals surface area contributed by atoms with Gasteiger partial charge in [0, 0.05) is 0 Å². The van der Waals surface area contributed by atoms with Crippen LogP contribution in [0.15, 0.2) is 16.8 Å². The topological polar surface area (TPSA) is 57.2 Å². The monoisotopic (exact) mass is 200 g/mol. The van der Waals surface area contributed by atoms with Crippen LogP contribution in [0.3, 0.4) is 0 Å². The second-order valence-electron chi connectivity index (χ2n) is 1.83. The van der Waals surface area contributed by atoms with E-state index in [1.807, 2.05) is 0 Å². The summed E-state index contributed by atoms with van der Waals surface area (Å²) in [4.78, 5) is 0. The molecule has 0 aliphatic rings. The van der Waals surface area contributed by atoms with Crippen molar-refractivity contribution in [1.82, 2.24) is 0 Å². The maximum Gasteiger partial charge on any atom is 1.00 e. The van der Waals surface area contributed by atoms with E-state index in [4.69, 9.17) is 0 Å². The zero-order valence-corrected chi connectivity index (χ0v) is 9.61. The van der Waals surface area contributed by atoms with Gasteiger partial charge in [0.05, 0.1) is 15.9 Å². The van der Waals surface area contributed by atoms with E-state index in [1.54, 1.807) is 16.8 Å². The minimum absolute atomic E-state index is 0. The Morgan fingerprint density at radius 1 is 1.55 bits per heavy atom. The number of hydrogen-bond donors (Lipinski definition) is 0. The van der Waals surface area contributed by atoms with E-state index >= 15 is 0 Å². The summed E-state index contributed by atoms with van der Waals surface area (Å²) in [5.74, 6) is -0.392. The first kappa shape index (κ1) is 11.6. The zero-order valence-electron chi connectivity index (χ0n) is 5.98. The SMILES string of the molecule is O=S(=O)([O-])Cc1ccsc1.[Na+]. The molecule has 56 valence electrons. The van der Waals surface area contributed by atoms with Gasteiger partial charge in [0.1, 0.15) is 0 Å². The molecule has 0 N–H and O–H groups in total. The van der Waals surface area contributed by atoms with Crippen molar-refractivity contribution >= 4 is 21.5 Å². The van der Waals surface area contributed by atoms with Crippen molar-refractivity contribution < 1.29 is 42.5 Å². The summed E-state index contributed by atoms with van der Waals surface area (Å²) in [6.45, 7) is 0. The third kappa shape index (κ3) is 4.95. The quantitative estimate of drug-likeness (QED) is 0.402. The molecule has 3 nitrogen and oxygen atoms in total. The van der Waals surface area contributed by atoms with Gasteiger partial charge in [-0.3, -0.25) is 0 Å². The maximum absolute atomic E-state index is 10.1. The molecule has 0 aliphatic carbocycles. The molecular formula is C5H5NaO3S2. The van der Waals surface area contributed by atoms with Gasteiger partial charge in [0.15, 0.2) is 0 Å². The van der Waals surface area contributed by atoms with Crippen LogP contribution in [-0.2, 0) is 15.9 Å². The molecule has 1 aromatic rings. The third-order valence-corrected chi connectivity index (χ3v) is 2.34. The van der Waals surface area contributed by atoms with Crippen molar-refractivity contribution in [3.63, 3.8) is 0 Å². The molecule has 0 radical (unpaired) electrons. The molecule has 0 aromatic carbocycles. The Morgan fingerprint density at radius 3 is 2.55 bits per heavy atom. The Hall–Kier alpha value is 0.610. The second-order valence-corrected chi connectivity index (χ2v) is 4.02. The zero-order chi connectivity index (χ0) is 7.61. The Morgan fingerprint density at radius 2 is 2.18 bits per heavy atom. The van der Waals surface area contributed by atoms with Crippen LogP contribution in [0.4, 0.5) is 0 Å². The smallest absolute Gasteiger partial charge is 0.748 e. The molecule has 0 fully saturated rings. The van der Waals surface area contributed by atoms with Crippen molar-refractivity contribution in [3.05, 3.63) is 22.4 Å². The fourth-order valence-corrected chi connectivity index (χ4v) is 1.94. The van der Waals surface area contributed by atoms with Gasteiger partial charge in [-0.25, -0.2) is 8.42 Å². The predicted octanol–water partition coefficient (Wildman–Crippen LogP) is -2.20. The van der Waals surface area contributed by atoms with Gasteiger partial charge >= 0.3 is 29.6 Å². The summed E-state index contributed by atoms with van der Waals surface area (Å²) in [6.07, 6.45) is 0. The van der Waals surface area contributed by atoms with Gasteiger partial charge in [0.25, 0.3) is 0 Å². The van der Waals surface area contributed by atoms with Crippen LogP contribution >= 0.6 is 11.3 Å². The molecule has 0 saturated carbocycles. The normalized spacial score (nSPS) is 10.6. The molecule has 0 aliphatic heterocycles. The van der Waals surface area contributed by atoms with Gasteiger partial charge in [-0.05, 0) is 22.4 Å². The summed E-state index contributed by atoms with van der Waals surface area (Å²) < 4.78 is 30.4. The molecule has 1 heterocycles. The average molecular weight is 200 g/mol. The minimum atomic E-state index is -4.09. The fourth-order valence-electron chi connectivity index (χ4n) is 0.579. The van der Waals surface area contributed by atoms with Crippen molar-refractivity contribution in [2.45, 2.75) is 5.75 Å². The van der Waals surface area contributed by atoms with Crippen molar-refractivity contribution in [1.29, 1.82) is 0 Å². The third-order valence-electron chi connectivity index (χ3n) is 0.924. The van der Waals surface area contributed by atoms with E-state index in [9.17, 15) is 13.0 Å². The van der Waals surface area contributed by atoms with Gasteiger partial charge in [0.2, 0.25) is 0 Å². The molecule has 1 rings (SSSR count). The summed E-state index contributed by atoms with van der Waals surface area (Å²) >= 11 is 1.38. The molecule has 11 heavy (non-hydrogen) atoms. The molecule has 0 bridgehead atoms. The van der Waals surface area contributed by atoms with Crippen LogP contribution in [0.1, 0.15) is 5.56 Å². The van der Waals surface area contributed by atoms with Crippen LogP contribution in [-0.4, -0.2) is 13.0 Å². The fraction of sp³-hybridized carbons (Fsp3) is 0.200. The standard InChI is InChI=1S/C5H6O3S2.Na/c6-10(7,8)4-5-1-2-9-3-5;/h1-3H,4H2,(H,6,7,8);/q;+1/p-1. The van der Waals surface area contributed by atoms with E-state index in [-0.39, 0.29) is 29.6 Å². The first-order chi connectivity index (χ1) is 4.58. The predicted molar refractivity (Wildman–Crippen MR) is 37.7 cm³/mol. The summed E-state index contributed by atoms with van der Waals surface area (Å²) in [5.41, 5.74) is 0.569. The Labute approximate surface area is 91.5 Å². The van der Waals surface area contributed by atoms with Crippen LogP contribution in [0.25, 0.3) is 0 Å². The van der Waals surface area contributed by atoms with E-state index in [0.29, 0.717) is 5.56 Å². The van der Waals surface area contributed by atoms with Crippen LogP contribution in [0.5, 0.6) is 0 Å². The number of thiophene rings is 1. The van der Waals surface area contributed by atoms with Gasteiger partial charge in [-0.1, -0.05) is 0 Å². The molecule has 0 unspecified atom stereocenters. The van der Waals surface area contributed by atoms with Crippen molar-refractivity contribution in [2.24, 2.45) is 0 Å². The Kier molecular flexibility index (Phi) is 4.85. The Balaban J connectivity index is 0.000001000. The largest absolute Gasteiger partial charge is 1.00 e. The van der Waals surface area contributed by atoms with Crippen LogP contribution in [0.2, 0.25) is 0 Å². The van der Waals surface area contributed by atoms with Gasteiger partial charge in [-0.2, -0.15) is 11.3 Å². The molecule has 0 amide bonds. The Bertz CT molecular complexity index is 290. The first-order valence-electron chi connectivity index (χ1n) is 2.52. The maximum atomic E-state index is 10.1. The van der Waals surface area contributed by atoms with E-state index in [1.165, 1.54) is 11.3 Å². The van der Waals surface area contributed by atoms with Crippen LogP contribution < -0.4 is 29.6 Å². The van der Waals surface area contributed by atoms with Crippen molar-refractivity contribution in [2.75, 3.05) is 0 Å². The van der Waals surface area contributed by atoms with E-state index in [0.717, 1.165) is 0 Å². The summed E-state index contributed by atoms with van der Waals surface area (Å²) in [6, 6.07) is 1.63. The average Bonchev–Trinajstić information content (AvgIpc) is 2.12. The molecule has 0 spiro atoms. The summed E-state index contributed by atoms with van der Waals surface area (Å²) in [5, 5.41) is 3.38. The van der Waals surface area contributed by atoms with E-state index in [2.05, 4.69) is 0 Å². The van der Waals surface area contributed by atoms with Crippen molar-refractivity contribution in [3.8, 4) is 0 Å². The molecule has 0 atom stereocenters. The molecule has 1 aromatic heterocycles. The molecule has 6 heteroatoms. The second kappa shape index (κ2) is 4.59.